The summed E-state index contributed by atoms with van der Waals surface area (Å²) < 4.78 is 1.23. The number of hydrogen-bond acceptors (Lipinski definition) is 10. The number of amides is 1. The third-order valence-electron chi connectivity index (χ3n) is 8.12. The lowest BCUT2D eigenvalue weighted by Crippen LogP contribution is -2.39. The van der Waals surface area contributed by atoms with E-state index in [4.69, 9.17) is 17.3 Å². The molecule has 1 aliphatic rings. The van der Waals surface area contributed by atoms with Crippen molar-refractivity contribution in [3.63, 3.8) is 0 Å². The topological polar surface area (TPSA) is 152 Å². The Bertz CT molecular complexity index is 1940. The second kappa shape index (κ2) is 11.3. The van der Waals surface area contributed by atoms with Crippen LogP contribution in [0.5, 0.6) is 5.88 Å². The number of benzene rings is 2. The van der Waals surface area contributed by atoms with Crippen molar-refractivity contribution in [3.8, 4) is 5.88 Å². The van der Waals surface area contributed by atoms with E-state index in [9.17, 15) is 14.7 Å². The van der Waals surface area contributed by atoms with Crippen LogP contribution in [0.25, 0.3) is 16.4 Å². The van der Waals surface area contributed by atoms with E-state index in [1.165, 1.54) is 10.6 Å². The van der Waals surface area contributed by atoms with E-state index in [2.05, 4.69) is 44.2 Å². The first-order chi connectivity index (χ1) is 20.7. The summed E-state index contributed by atoms with van der Waals surface area (Å²) in [5, 5.41) is 24.0. The number of anilines is 3. The molecule has 43 heavy (non-hydrogen) atoms. The van der Waals surface area contributed by atoms with Crippen LogP contribution in [0.3, 0.4) is 0 Å². The summed E-state index contributed by atoms with van der Waals surface area (Å²) >= 11 is 7.82. The molecular weight excluding hydrogens is 588 g/mol. The minimum atomic E-state index is -0.854. The summed E-state index contributed by atoms with van der Waals surface area (Å²) in [7, 11) is 0. The normalized spacial score (nSPS) is 14.7. The van der Waals surface area contributed by atoms with Crippen molar-refractivity contribution in [2.24, 2.45) is 5.41 Å². The quantitative estimate of drug-likeness (QED) is 0.212. The highest BCUT2D eigenvalue weighted by atomic mass is 35.5. The van der Waals surface area contributed by atoms with Gasteiger partial charge in [-0.05, 0) is 41.8 Å². The Hall–Kier alpha value is -4.42. The molecule has 3 aromatic heterocycles. The number of carbonyl (C=O) groups excluding carboxylic acids is 1. The molecule has 4 N–H and O–H groups in total. The van der Waals surface area contributed by atoms with E-state index in [1.807, 2.05) is 12.1 Å². The summed E-state index contributed by atoms with van der Waals surface area (Å²) in [6, 6.07) is 14.1. The first-order valence-corrected chi connectivity index (χ1v) is 15.0. The number of fused-ring (bicyclic) bond motifs is 3. The summed E-state index contributed by atoms with van der Waals surface area (Å²) in [6.07, 6.45) is 4.75. The SMILES string of the molecule is CCC1(C)CCN(c2nnc(Sc3cccc(NC(=O)c4c(O)nc5c6ccccc6ccn5c4=O)c3Cl)c(N)n2)CC1. The highest BCUT2D eigenvalue weighted by molar-refractivity contribution is 7.99. The zero-order valence-electron chi connectivity index (χ0n) is 23.5. The fraction of sp³-hybridized carbons (Fsp3) is 0.267. The third-order valence-corrected chi connectivity index (χ3v) is 9.69. The van der Waals surface area contributed by atoms with Gasteiger partial charge in [0.05, 0.1) is 10.7 Å². The van der Waals surface area contributed by atoms with Gasteiger partial charge in [-0.1, -0.05) is 74.0 Å². The Morgan fingerprint density at radius 1 is 1.12 bits per heavy atom. The number of aromatic hydroxyl groups is 1. The van der Waals surface area contributed by atoms with Crippen molar-refractivity contribution in [2.45, 2.75) is 43.0 Å². The van der Waals surface area contributed by atoms with E-state index in [0.29, 0.717) is 26.7 Å². The van der Waals surface area contributed by atoms with Gasteiger partial charge in [0.1, 0.15) is 0 Å². The lowest BCUT2D eigenvalue weighted by molar-refractivity contribution is 0.102. The van der Waals surface area contributed by atoms with Crippen molar-refractivity contribution in [1.82, 2.24) is 24.6 Å². The molecular formula is C30H29ClN8O3S. The molecule has 0 unspecified atom stereocenters. The van der Waals surface area contributed by atoms with Crippen LogP contribution in [0.4, 0.5) is 17.5 Å². The smallest absolute Gasteiger partial charge is 0.274 e. The predicted octanol–water partition coefficient (Wildman–Crippen LogP) is 5.39. The average Bonchev–Trinajstić information content (AvgIpc) is 3.00. The van der Waals surface area contributed by atoms with Crippen LogP contribution < -0.4 is 21.5 Å². The molecule has 1 aliphatic heterocycles. The van der Waals surface area contributed by atoms with Crippen LogP contribution in [-0.4, -0.2) is 48.7 Å². The van der Waals surface area contributed by atoms with Gasteiger partial charge in [-0.15, -0.1) is 10.2 Å². The second-order valence-electron chi connectivity index (χ2n) is 10.8. The monoisotopic (exact) mass is 616 g/mol. The molecule has 0 aliphatic carbocycles. The average molecular weight is 617 g/mol. The number of aromatic nitrogens is 5. The molecule has 0 radical (unpaired) electrons. The Balaban J connectivity index is 1.22. The van der Waals surface area contributed by atoms with Gasteiger partial charge in [0.25, 0.3) is 11.5 Å². The maximum Gasteiger partial charge on any atom is 0.274 e. The Kier molecular flexibility index (Phi) is 7.57. The molecule has 4 heterocycles. The third kappa shape index (κ3) is 5.43. The number of hydrogen-bond donors (Lipinski definition) is 3. The Morgan fingerprint density at radius 3 is 2.63 bits per heavy atom. The summed E-state index contributed by atoms with van der Waals surface area (Å²) in [4.78, 5) is 37.8. The zero-order valence-corrected chi connectivity index (χ0v) is 25.1. The zero-order chi connectivity index (χ0) is 30.3. The molecule has 13 heteroatoms. The van der Waals surface area contributed by atoms with E-state index >= 15 is 0 Å². The molecule has 1 fully saturated rings. The van der Waals surface area contributed by atoms with Gasteiger partial charge in [0, 0.05) is 29.6 Å². The van der Waals surface area contributed by atoms with Gasteiger partial charge >= 0.3 is 0 Å². The highest BCUT2D eigenvalue weighted by Crippen LogP contribution is 2.39. The fourth-order valence-corrected chi connectivity index (χ4v) is 6.23. The molecule has 6 rings (SSSR count). The predicted molar refractivity (Wildman–Crippen MR) is 168 cm³/mol. The fourth-order valence-electron chi connectivity index (χ4n) is 5.15. The molecule has 1 amide bonds. The molecule has 1 saturated heterocycles. The maximum atomic E-state index is 13.3. The molecule has 2 aromatic carbocycles. The van der Waals surface area contributed by atoms with Gasteiger partial charge in [-0.3, -0.25) is 14.0 Å². The minimum absolute atomic E-state index is 0.195. The van der Waals surface area contributed by atoms with Crippen molar-refractivity contribution < 1.29 is 9.90 Å². The van der Waals surface area contributed by atoms with Crippen LogP contribution in [0.1, 0.15) is 43.5 Å². The molecule has 5 aromatic rings. The number of pyridine rings is 1. The summed E-state index contributed by atoms with van der Waals surface area (Å²) in [5.41, 5.74) is 5.84. The number of nitrogen functional groups attached to an aromatic ring is 1. The number of nitrogens with one attached hydrogen (secondary N) is 1. The van der Waals surface area contributed by atoms with Gasteiger partial charge in [0.2, 0.25) is 11.8 Å². The number of halogens is 1. The van der Waals surface area contributed by atoms with Crippen LogP contribution in [-0.2, 0) is 0 Å². The van der Waals surface area contributed by atoms with E-state index < -0.39 is 22.9 Å². The Morgan fingerprint density at radius 2 is 1.88 bits per heavy atom. The molecule has 11 nitrogen and oxygen atoms in total. The van der Waals surface area contributed by atoms with Gasteiger partial charge in [0.15, 0.2) is 22.1 Å². The number of carbonyl (C=O) groups is 1. The minimum Gasteiger partial charge on any atom is -0.493 e. The van der Waals surface area contributed by atoms with Crippen LogP contribution in [0, 0.1) is 5.41 Å². The standard InChI is InChI=1S/C30H29ClN8O3S/c1-3-30(2)12-15-38(16-13-30)29-34-23(32)27(36-37-29)43-20-10-6-9-19(22(20)31)33-25(40)21-26(41)35-24-18-8-5-4-7-17(18)11-14-39(24)28(21)42/h4-11,14,41H,3,12-13,15-16H2,1-2H3,(H,33,40)(H2,32,34,37). The number of piperidine rings is 1. The van der Waals surface area contributed by atoms with Crippen LogP contribution in [0.2, 0.25) is 5.02 Å². The van der Waals surface area contributed by atoms with Gasteiger partial charge < -0.3 is 21.1 Å². The molecule has 0 atom stereocenters. The highest BCUT2D eigenvalue weighted by Gasteiger charge is 2.30. The van der Waals surface area contributed by atoms with E-state index in [0.717, 1.165) is 49.5 Å². The number of nitrogens with two attached hydrogens (primary N) is 1. The first kappa shape index (κ1) is 28.7. The largest absolute Gasteiger partial charge is 0.493 e. The molecule has 0 saturated carbocycles. The van der Waals surface area contributed by atoms with Crippen molar-refractivity contribution in [1.29, 1.82) is 0 Å². The lowest BCUT2D eigenvalue weighted by Gasteiger charge is -2.38. The maximum absolute atomic E-state index is 13.3. The van der Waals surface area contributed by atoms with Crippen LogP contribution in [0.15, 0.2) is 69.4 Å². The Labute approximate surface area is 256 Å². The van der Waals surface area contributed by atoms with E-state index in [1.54, 1.807) is 36.4 Å². The molecule has 0 bridgehead atoms. The van der Waals surface area contributed by atoms with Gasteiger partial charge in [-0.25, -0.2) is 0 Å². The van der Waals surface area contributed by atoms with Gasteiger partial charge in [-0.2, -0.15) is 9.97 Å². The second-order valence-corrected chi connectivity index (χ2v) is 12.2. The van der Waals surface area contributed by atoms with Crippen LogP contribution >= 0.6 is 23.4 Å². The van der Waals surface area contributed by atoms with E-state index in [-0.39, 0.29) is 22.2 Å². The summed E-state index contributed by atoms with van der Waals surface area (Å²) in [6.45, 7) is 6.21. The summed E-state index contributed by atoms with van der Waals surface area (Å²) in [5.74, 6) is -0.817. The van der Waals surface area contributed by atoms with Crippen molar-refractivity contribution in [3.05, 3.63) is 75.7 Å². The molecule has 220 valence electrons. The number of nitrogens with zero attached hydrogens (tertiary/aromatic N) is 6. The molecule has 0 spiro atoms. The van der Waals surface area contributed by atoms with Crippen molar-refractivity contribution >= 4 is 63.1 Å². The first-order valence-electron chi connectivity index (χ1n) is 13.8. The van der Waals surface area contributed by atoms with Crippen molar-refractivity contribution in [2.75, 3.05) is 29.0 Å². The number of rotatable bonds is 6. The lowest BCUT2D eigenvalue weighted by atomic mass is 9.78.